The highest BCUT2D eigenvalue weighted by Crippen LogP contribution is 2.39. The Morgan fingerprint density at radius 2 is 1.50 bits per heavy atom. The van der Waals surface area contributed by atoms with Gasteiger partial charge in [0.2, 0.25) is 5.75 Å². The summed E-state index contributed by atoms with van der Waals surface area (Å²) in [5.41, 5.74) is 1.60. The Morgan fingerprint density at radius 3 is 2.09 bits per heavy atom. The Labute approximate surface area is 189 Å². The van der Waals surface area contributed by atoms with Gasteiger partial charge in [0.05, 0.1) is 19.8 Å². The van der Waals surface area contributed by atoms with Gasteiger partial charge in [-0.2, -0.15) is 0 Å². The molecule has 2 aromatic carbocycles. The van der Waals surface area contributed by atoms with Crippen LogP contribution in [-0.2, 0) is 6.54 Å². The molecule has 174 valence electrons. The average Bonchev–Trinajstić information content (AvgIpc) is 3.03. The highest BCUT2D eigenvalue weighted by Gasteiger charge is 2.24. The Hall–Kier alpha value is -2.80. The Morgan fingerprint density at radius 1 is 0.875 bits per heavy atom. The minimum Gasteiger partial charge on any atom is -0.490 e. The van der Waals surface area contributed by atoms with Crippen molar-refractivity contribution in [1.29, 1.82) is 0 Å². The molecule has 0 unspecified atom stereocenters. The third kappa shape index (κ3) is 6.13. The molecular formula is C25H33FN2O4. The van der Waals surface area contributed by atoms with E-state index in [9.17, 15) is 9.18 Å². The number of hydrogen-bond acceptors (Lipinski definition) is 5. The highest BCUT2D eigenvalue weighted by atomic mass is 19.1. The molecule has 0 radical (unpaired) electrons. The molecule has 6 nitrogen and oxygen atoms in total. The number of carbonyl (C=O) groups is 1. The number of hydrogen-bond donors (Lipinski definition) is 0. The molecule has 0 saturated carbocycles. The summed E-state index contributed by atoms with van der Waals surface area (Å²) in [4.78, 5) is 17.5. The molecule has 0 N–H and O–H groups in total. The van der Waals surface area contributed by atoms with Gasteiger partial charge in [0.25, 0.3) is 5.91 Å². The van der Waals surface area contributed by atoms with Crippen LogP contribution in [0.5, 0.6) is 17.2 Å². The van der Waals surface area contributed by atoms with E-state index in [1.165, 1.54) is 12.1 Å². The van der Waals surface area contributed by atoms with E-state index in [0.29, 0.717) is 55.7 Å². The molecule has 0 aromatic heterocycles. The van der Waals surface area contributed by atoms with Crippen molar-refractivity contribution in [3.8, 4) is 17.2 Å². The lowest BCUT2D eigenvalue weighted by atomic mass is 10.1. The van der Waals surface area contributed by atoms with Crippen LogP contribution in [0.3, 0.4) is 0 Å². The maximum atomic E-state index is 13.4. The van der Waals surface area contributed by atoms with Crippen LogP contribution >= 0.6 is 0 Å². The van der Waals surface area contributed by atoms with Gasteiger partial charge in [-0.25, -0.2) is 4.39 Å². The molecular weight excluding hydrogens is 411 g/mol. The third-order valence-corrected chi connectivity index (χ3v) is 5.35. The SMILES string of the molecule is CCOc1cc(C(=O)N2CCCN(Cc3ccc(F)cc3)CC2)cc(OCC)c1OCC. The maximum absolute atomic E-state index is 13.4. The number of nitrogens with zero attached hydrogens (tertiary/aromatic N) is 2. The van der Waals surface area contributed by atoms with Gasteiger partial charge in [-0.15, -0.1) is 0 Å². The van der Waals surface area contributed by atoms with Crippen molar-refractivity contribution in [3.63, 3.8) is 0 Å². The second kappa shape index (κ2) is 11.7. The summed E-state index contributed by atoms with van der Waals surface area (Å²) in [7, 11) is 0. The normalized spacial score (nSPS) is 14.7. The van der Waals surface area contributed by atoms with Crippen LogP contribution < -0.4 is 14.2 Å². The second-order valence-electron chi connectivity index (χ2n) is 7.65. The molecule has 32 heavy (non-hydrogen) atoms. The van der Waals surface area contributed by atoms with Crippen molar-refractivity contribution in [2.45, 2.75) is 33.7 Å². The van der Waals surface area contributed by atoms with Crippen molar-refractivity contribution in [2.75, 3.05) is 46.0 Å². The zero-order valence-corrected chi connectivity index (χ0v) is 19.2. The predicted molar refractivity (Wildman–Crippen MR) is 122 cm³/mol. The first kappa shape index (κ1) is 23.9. The van der Waals surface area contributed by atoms with Crippen LogP contribution in [-0.4, -0.2) is 61.7 Å². The number of benzene rings is 2. The monoisotopic (exact) mass is 444 g/mol. The minimum atomic E-state index is -0.227. The van der Waals surface area contributed by atoms with Crippen LogP contribution in [0.15, 0.2) is 36.4 Å². The van der Waals surface area contributed by atoms with E-state index in [1.807, 2.05) is 37.8 Å². The molecule has 1 aliphatic rings. The number of carbonyl (C=O) groups excluding carboxylic acids is 1. The summed E-state index contributed by atoms with van der Waals surface area (Å²) >= 11 is 0. The van der Waals surface area contributed by atoms with Crippen molar-refractivity contribution in [3.05, 3.63) is 53.3 Å². The molecule has 0 aliphatic carbocycles. The van der Waals surface area contributed by atoms with Gasteiger partial charge in [0, 0.05) is 38.3 Å². The van der Waals surface area contributed by atoms with Crippen LogP contribution in [0.4, 0.5) is 4.39 Å². The summed E-state index contributed by atoms with van der Waals surface area (Å²) in [5.74, 6) is 1.31. The zero-order valence-electron chi connectivity index (χ0n) is 19.2. The standard InChI is InChI=1S/C25H33FN2O4/c1-4-30-22-16-20(17-23(31-5-2)24(22)32-6-3)25(29)28-13-7-12-27(14-15-28)18-19-8-10-21(26)11-9-19/h8-11,16-17H,4-7,12-15,18H2,1-3H3. The topological polar surface area (TPSA) is 51.2 Å². The number of amides is 1. The lowest BCUT2D eigenvalue weighted by Gasteiger charge is -2.23. The molecule has 1 aliphatic heterocycles. The molecule has 0 bridgehead atoms. The van der Waals surface area contributed by atoms with Gasteiger partial charge in [0.15, 0.2) is 11.5 Å². The summed E-state index contributed by atoms with van der Waals surface area (Å²) in [6, 6.07) is 10.1. The fourth-order valence-electron chi connectivity index (χ4n) is 3.87. The van der Waals surface area contributed by atoms with E-state index >= 15 is 0 Å². The van der Waals surface area contributed by atoms with Gasteiger partial charge >= 0.3 is 0 Å². The van der Waals surface area contributed by atoms with Crippen molar-refractivity contribution < 1.29 is 23.4 Å². The number of rotatable bonds is 9. The molecule has 2 aromatic rings. The molecule has 1 fully saturated rings. The Bertz CT molecular complexity index is 861. The summed E-state index contributed by atoms with van der Waals surface area (Å²) in [6.07, 6.45) is 0.876. The van der Waals surface area contributed by atoms with E-state index in [-0.39, 0.29) is 11.7 Å². The fourth-order valence-corrected chi connectivity index (χ4v) is 3.87. The van der Waals surface area contributed by atoms with E-state index in [4.69, 9.17) is 14.2 Å². The van der Waals surface area contributed by atoms with E-state index in [0.717, 1.165) is 31.6 Å². The molecule has 1 amide bonds. The van der Waals surface area contributed by atoms with Gasteiger partial charge in [0.1, 0.15) is 5.82 Å². The quantitative estimate of drug-likeness (QED) is 0.575. The molecule has 0 spiro atoms. The van der Waals surface area contributed by atoms with Crippen molar-refractivity contribution >= 4 is 5.91 Å². The predicted octanol–water partition coefficient (Wildman–Crippen LogP) is 4.37. The number of halogens is 1. The lowest BCUT2D eigenvalue weighted by molar-refractivity contribution is 0.0760. The maximum Gasteiger partial charge on any atom is 0.254 e. The zero-order chi connectivity index (χ0) is 22.9. The minimum absolute atomic E-state index is 0.0430. The molecule has 1 heterocycles. The summed E-state index contributed by atoms with van der Waals surface area (Å²) in [5, 5.41) is 0. The Kier molecular flexibility index (Phi) is 8.73. The van der Waals surface area contributed by atoms with Gasteiger partial charge in [-0.1, -0.05) is 12.1 Å². The van der Waals surface area contributed by atoms with Crippen LogP contribution in [0, 0.1) is 5.82 Å². The Balaban J connectivity index is 1.73. The summed E-state index contributed by atoms with van der Waals surface area (Å²) < 4.78 is 30.4. The second-order valence-corrected chi connectivity index (χ2v) is 7.65. The average molecular weight is 445 g/mol. The van der Waals surface area contributed by atoms with Crippen molar-refractivity contribution in [1.82, 2.24) is 9.80 Å². The van der Waals surface area contributed by atoms with E-state index in [2.05, 4.69) is 4.90 Å². The highest BCUT2D eigenvalue weighted by molar-refractivity contribution is 5.95. The van der Waals surface area contributed by atoms with Crippen LogP contribution in [0.2, 0.25) is 0 Å². The first-order chi connectivity index (χ1) is 15.5. The van der Waals surface area contributed by atoms with Crippen molar-refractivity contribution in [2.24, 2.45) is 0 Å². The largest absolute Gasteiger partial charge is 0.490 e. The van der Waals surface area contributed by atoms with Crippen LogP contribution in [0.25, 0.3) is 0 Å². The molecule has 1 saturated heterocycles. The smallest absolute Gasteiger partial charge is 0.254 e. The molecule has 3 rings (SSSR count). The molecule has 7 heteroatoms. The number of ether oxygens (including phenoxy) is 3. The molecule has 0 atom stereocenters. The van der Waals surface area contributed by atoms with Gasteiger partial charge < -0.3 is 19.1 Å². The van der Waals surface area contributed by atoms with E-state index in [1.54, 1.807) is 12.1 Å². The lowest BCUT2D eigenvalue weighted by Crippen LogP contribution is -2.35. The first-order valence-electron chi connectivity index (χ1n) is 11.4. The van der Waals surface area contributed by atoms with Gasteiger partial charge in [-0.3, -0.25) is 9.69 Å². The third-order valence-electron chi connectivity index (χ3n) is 5.35. The van der Waals surface area contributed by atoms with E-state index < -0.39 is 0 Å². The summed E-state index contributed by atoms with van der Waals surface area (Å²) in [6.45, 7) is 10.8. The van der Waals surface area contributed by atoms with Crippen LogP contribution in [0.1, 0.15) is 43.1 Å². The first-order valence-corrected chi connectivity index (χ1v) is 11.4. The fraction of sp³-hybridized carbons (Fsp3) is 0.480. The van der Waals surface area contributed by atoms with Gasteiger partial charge in [-0.05, 0) is 57.0 Å².